The van der Waals surface area contributed by atoms with Crippen molar-refractivity contribution in [3.8, 4) is 0 Å². The first-order valence-corrected chi connectivity index (χ1v) is 6.53. The summed E-state index contributed by atoms with van der Waals surface area (Å²) in [6.07, 6.45) is 2.85. The number of aryl methyl sites for hydroxylation is 1. The van der Waals surface area contributed by atoms with Gasteiger partial charge in [-0.15, -0.1) is 11.3 Å². The number of aliphatic carboxylic acids is 1. The Hall–Kier alpha value is -1.63. The number of rotatable bonds is 6. The molecule has 100 valence electrons. The van der Waals surface area contributed by atoms with Crippen molar-refractivity contribution in [3.05, 3.63) is 16.1 Å². The Morgan fingerprint density at radius 1 is 1.56 bits per heavy atom. The van der Waals surface area contributed by atoms with Crippen LogP contribution in [0.5, 0.6) is 0 Å². The molecule has 0 saturated carbocycles. The predicted molar refractivity (Wildman–Crippen MR) is 68.6 cm³/mol. The van der Waals surface area contributed by atoms with E-state index in [1.807, 2.05) is 13.8 Å². The third-order valence-electron chi connectivity index (χ3n) is 2.25. The van der Waals surface area contributed by atoms with E-state index in [2.05, 4.69) is 15.6 Å². The van der Waals surface area contributed by atoms with Crippen molar-refractivity contribution in [3.63, 3.8) is 0 Å². The maximum atomic E-state index is 11.5. The lowest BCUT2D eigenvalue weighted by Crippen LogP contribution is -2.45. The van der Waals surface area contributed by atoms with Crippen LogP contribution in [-0.4, -0.2) is 28.1 Å². The normalized spacial score (nSPS) is 11.9. The number of urea groups is 1. The van der Waals surface area contributed by atoms with Crippen LogP contribution >= 0.6 is 11.3 Å². The molecule has 0 saturated heterocycles. The van der Waals surface area contributed by atoms with E-state index in [1.54, 1.807) is 6.20 Å². The molecule has 18 heavy (non-hydrogen) atoms. The SMILES string of the molecule is CCCC(NC(=O)NCc1ncc(C)s1)C(=O)O. The molecule has 0 fully saturated rings. The summed E-state index contributed by atoms with van der Waals surface area (Å²) in [7, 11) is 0. The zero-order chi connectivity index (χ0) is 13.5. The van der Waals surface area contributed by atoms with Gasteiger partial charge in [0, 0.05) is 11.1 Å². The molecule has 6 nitrogen and oxygen atoms in total. The van der Waals surface area contributed by atoms with E-state index >= 15 is 0 Å². The molecule has 0 aliphatic carbocycles. The van der Waals surface area contributed by atoms with Gasteiger partial charge >= 0.3 is 12.0 Å². The van der Waals surface area contributed by atoms with Crippen molar-refractivity contribution in [1.29, 1.82) is 0 Å². The molecular formula is C11H17N3O3S. The zero-order valence-electron chi connectivity index (χ0n) is 10.4. The van der Waals surface area contributed by atoms with Crippen LogP contribution in [0.2, 0.25) is 0 Å². The van der Waals surface area contributed by atoms with Crippen LogP contribution in [0.1, 0.15) is 29.7 Å². The van der Waals surface area contributed by atoms with E-state index in [0.717, 1.165) is 9.88 Å². The van der Waals surface area contributed by atoms with Gasteiger partial charge in [-0.25, -0.2) is 14.6 Å². The van der Waals surface area contributed by atoms with Gasteiger partial charge in [-0.2, -0.15) is 0 Å². The van der Waals surface area contributed by atoms with E-state index in [0.29, 0.717) is 19.4 Å². The fourth-order valence-electron chi connectivity index (χ4n) is 1.39. The molecule has 0 aromatic carbocycles. The highest BCUT2D eigenvalue weighted by atomic mass is 32.1. The summed E-state index contributed by atoms with van der Waals surface area (Å²) in [5, 5.41) is 14.7. The smallest absolute Gasteiger partial charge is 0.326 e. The summed E-state index contributed by atoms with van der Waals surface area (Å²) in [6, 6.07) is -1.32. The summed E-state index contributed by atoms with van der Waals surface area (Å²) >= 11 is 1.50. The Kier molecular flexibility index (Phi) is 5.57. The number of amides is 2. The maximum absolute atomic E-state index is 11.5. The van der Waals surface area contributed by atoms with Crippen molar-refractivity contribution in [1.82, 2.24) is 15.6 Å². The monoisotopic (exact) mass is 271 g/mol. The highest BCUT2D eigenvalue weighted by Gasteiger charge is 2.18. The second-order valence-electron chi connectivity index (χ2n) is 3.87. The van der Waals surface area contributed by atoms with E-state index in [4.69, 9.17) is 5.11 Å². The Morgan fingerprint density at radius 2 is 2.28 bits per heavy atom. The lowest BCUT2D eigenvalue weighted by atomic mass is 10.2. The molecule has 7 heteroatoms. The van der Waals surface area contributed by atoms with Crippen molar-refractivity contribution >= 4 is 23.3 Å². The molecule has 1 atom stereocenters. The van der Waals surface area contributed by atoms with Crippen LogP contribution in [-0.2, 0) is 11.3 Å². The number of thiazole rings is 1. The number of aromatic nitrogens is 1. The van der Waals surface area contributed by atoms with Gasteiger partial charge in [0.1, 0.15) is 11.0 Å². The van der Waals surface area contributed by atoms with Crippen LogP contribution in [0.25, 0.3) is 0 Å². The minimum atomic E-state index is -1.02. The largest absolute Gasteiger partial charge is 0.480 e. The van der Waals surface area contributed by atoms with Crippen molar-refractivity contribution in [2.45, 2.75) is 39.3 Å². The fourth-order valence-corrected chi connectivity index (χ4v) is 2.12. The molecule has 0 bridgehead atoms. The van der Waals surface area contributed by atoms with Gasteiger partial charge in [0.2, 0.25) is 0 Å². The van der Waals surface area contributed by atoms with Gasteiger partial charge in [0.25, 0.3) is 0 Å². The lowest BCUT2D eigenvalue weighted by molar-refractivity contribution is -0.139. The Balaban J connectivity index is 2.38. The van der Waals surface area contributed by atoms with Gasteiger partial charge in [0.05, 0.1) is 6.54 Å². The third-order valence-corrected chi connectivity index (χ3v) is 3.16. The fraction of sp³-hybridized carbons (Fsp3) is 0.545. The molecule has 1 heterocycles. The van der Waals surface area contributed by atoms with Gasteiger partial charge < -0.3 is 15.7 Å². The van der Waals surface area contributed by atoms with Gasteiger partial charge in [0.15, 0.2) is 0 Å². The quantitative estimate of drug-likeness (QED) is 0.731. The average molecular weight is 271 g/mol. The van der Waals surface area contributed by atoms with Gasteiger partial charge in [-0.3, -0.25) is 0 Å². The molecule has 0 aliphatic heterocycles. The number of carbonyl (C=O) groups is 2. The number of carbonyl (C=O) groups excluding carboxylic acids is 1. The predicted octanol–water partition coefficient (Wildman–Crippen LogP) is 1.50. The molecule has 1 unspecified atom stereocenters. The molecule has 2 amide bonds. The first-order valence-electron chi connectivity index (χ1n) is 5.71. The van der Waals surface area contributed by atoms with E-state index in [-0.39, 0.29) is 0 Å². The number of carboxylic acid groups (broad SMARTS) is 1. The van der Waals surface area contributed by atoms with E-state index < -0.39 is 18.0 Å². The van der Waals surface area contributed by atoms with Crippen molar-refractivity contribution < 1.29 is 14.7 Å². The molecule has 1 aromatic heterocycles. The third kappa shape index (κ3) is 4.70. The molecule has 1 rings (SSSR count). The van der Waals surface area contributed by atoms with Crippen LogP contribution < -0.4 is 10.6 Å². The first kappa shape index (κ1) is 14.4. The Labute approximate surface area is 109 Å². The standard InChI is InChI=1S/C11H17N3O3S/c1-3-4-8(10(15)16)14-11(17)13-6-9-12-5-7(2)18-9/h5,8H,3-4,6H2,1-2H3,(H,15,16)(H2,13,14,17). The summed E-state index contributed by atoms with van der Waals surface area (Å²) in [5.41, 5.74) is 0. The van der Waals surface area contributed by atoms with Gasteiger partial charge in [-0.05, 0) is 13.3 Å². The number of hydrogen-bond donors (Lipinski definition) is 3. The highest BCUT2D eigenvalue weighted by molar-refractivity contribution is 7.11. The first-order chi connectivity index (χ1) is 8.52. The minimum Gasteiger partial charge on any atom is -0.480 e. The molecule has 1 aromatic rings. The van der Waals surface area contributed by atoms with Crippen LogP contribution in [0.3, 0.4) is 0 Å². The van der Waals surface area contributed by atoms with E-state index in [9.17, 15) is 9.59 Å². The highest BCUT2D eigenvalue weighted by Crippen LogP contribution is 2.10. The number of nitrogens with one attached hydrogen (secondary N) is 2. The van der Waals surface area contributed by atoms with Crippen LogP contribution in [0, 0.1) is 6.92 Å². The summed E-state index contributed by atoms with van der Waals surface area (Å²) < 4.78 is 0. The average Bonchev–Trinajstić information content (AvgIpc) is 2.72. The topological polar surface area (TPSA) is 91.3 Å². The number of nitrogens with zero attached hydrogens (tertiary/aromatic N) is 1. The summed E-state index contributed by atoms with van der Waals surface area (Å²) in [6.45, 7) is 4.11. The molecule has 0 spiro atoms. The molecule has 0 aliphatic rings. The lowest BCUT2D eigenvalue weighted by Gasteiger charge is -2.13. The second-order valence-corrected chi connectivity index (χ2v) is 5.19. The zero-order valence-corrected chi connectivity index (χ0v) is 11.2. The van der Waals surface area contributed by atoms with Gasteiger partial charge in [-0.1, -0.05) is 13.3 Å². The van der Waals surface area contributed by atoms with Crippen LogP contribution in [0.15, 0.2) is 6.20 Å². The molecule has 3 N–H and O–H groups in total. The number of carboxylic acids is 1. The second kappa shape index (κ2) is 6.95. The minimum absolute atomic E-state index is 0.308. The summed E-state index contributed by atoms with van der Waals surface area (Å²) in [5.74, 6) is -1.02. The van der Waals surface area contributed by atoms with Crippen molar-refractivity contribution in [2.24, 2.45) is 0 Å². The molecule has 0 radical (unpaired) electrons. The number of hydrogen-bond acceptors (Lipinski definition) is 4. The summed E-state index contributed by atoms with van der Waals surface area (Å²) in [4.78, 5) is 27.5. The Bertz CT molecular complexity index is 419. The van der Waals surface area contributed by atoms with Crippen LogP contribution in [0.4, 0.5) is 4.79 Å². The van der Waals surface area contributed by atoms with Crippen molar-refractivity contribution in [2.75, 3.05) is 0 Å². The molecular weight excluding hydrogens is 254 g/mol. The maximum Gasteiger partial charge on any atom is 0.326 e. The Morgan fingerprint density at radius 3 is 2.78 bits per heavy atom. The van der Waals surface area contributed by atoms with E-state index in [1.165, 1.54) is 11.3 Å².